The third-order valence-electron chi connectivity index (χ3n) is 5.07. The summed E-state index contributed by atoms with van der Waals surface area (Å²) >= 11 is 0. The van der Waals surface area contributed by atoms with E-state index in [0.717, 1.165) is 0 Å². The molecule has 0 atom stereocenters. The smallest absolute Gasteiger partial charge is 0.269 e. The Hall–Kier alpha value is -4.05. The lowest BCUT2D eigenvalue weighted by Gasteiger charge is -2.27. The van der Waals surface area contributed by atoms with Gasteiger partial charge in [-0.15, -0.1) is 0 Å². The van der Waals surface area contributed by atoms with E-state index in [1.165, 1.54) is 59.6 Å². The Balaban J connectivity index is 1.79. The van der Waals surface area contributed by atoms with Crippen molar-refractivity contribution >= 4 is 17.5 Å². The number of hydrogen-bond donors (Lipinski definition) is 0. The van der Waals surface area contributed by atoms with Gasteiger partial charge in [-0.3, -0.25) is 19.7 Å². The molecule has 0 unspecified atom stereocenters. The normalized spacial score (nSPS) is 10.6. The average molecular weight is 469 g/mol. The highest BCUT2D eigenvalue weighted by atomic mass is 19.1. The summed E-state index contributed by atoms with van der Waals surface area (Å²) in [4.78, 5) is 39.5. The number of halogens is 1. The van der Waals surface area contributed by atoms with E-state index in [0.29, 0.717) is 11.3 Å². The van der Waals surface area contributed by atoms with E-state index in [9.17, 15) is 24.1 Å². The fourth-order valence-corrected chi connectivity index (χ4v) is 3.26. The molecule has 0 aliphatic carbocycles. The zero-order valence-electron chi connectivity index (χ0n) is 18.6. The van der Waals surface area contributed by atoms with Gasteiger partial charge in [-0.05, 0) is 42.0 Å². The number of non-ortho nitro benzene ring substituents is 1. The maximum atomic E-state index is 13.3. The van der Waals surface area contributed by atoms with Crippen LogP contribution in [0.2, 0.25) is 0 Å². The van der Waals surface area contributed by atoms with Crippen LogP contribution in [-0.2, 0) is 22.6 Å². The minimum atomic E-state index is -0.553. The van der Waals surface area contributed by atoms with Crippen LogP contribution < -0.4 is 0 Å². The van der Waals surface area contributed by atoms with Crippen LogP contribution in [0.5, 0.6) is 0 Å². The lowest BCUT2D eigenvalue weighted by atomic mass is 10.1. The second-order valence-corrected chi connectivity index (χ2v) is 7.48. The van der Waals surface area contributed by atoms with Gasteiger partial charge in [0.15, 0.2) is 0 Å². The second kappa shape index (κ2) is 11.7. The van der Waals surface area contributed by atoms with Crippen LogP contribution >= 0.6 is 0 Å². The molecule has 2 amide bonds. The number of nitrogens with zero attached hydrogens (tertiary/aromatic N) is 3. The van der Waals surface area contributed by atoms with Gasteiger partial charge in [0.05, 0.1) is 24.3 Å². The van der Waals surface area contributed by atoms with Crippen LogP contribution in [0.3, 0.4) is 0 Å². The van der Waals surface area contributed by atoms with Crippen molar-refractivity contribution in [2.45, 2.75) is 13.1 Å². The molecule has 2 aromatic carbocycles. The quantitative estimate of drug-likeness (QED) is 0.314. The van der Waals surface area contributed by atoms with Crippen LogP contribution in [-0.4, -0.2) is 53.3 Å². The fourth-order valence-electron chi connectivity index (χ4n) is 3.26. The Morgan fingerprint density at radius 3 is 2.32 bits per heavy atom. The van der Waals surface area contributed by atoms with E-state index < -0.39 is 10.8 Å². The number of nitro groups is 1. The van der Waals surface area contributed by atoms with Crippen molar-refractivity contribution in [1.82, 2.24) is 9.80 Å². The van der Waals surface area contributed by atoms with Crippen LogP contribution in [0.4, 0.5) is 10.1 Å². The molecule has 1 heterocycles. The maximum Gasteiger partial charge on any atom is 0.269 e. The van der Waals surface area contributed by atoms with E-state index in [4.69, 9.17) is 9.15 Å². The van der Waals surface area contributed by atoms with Crippen molar-refractivity contribution in [3.63, 3.8) is 0 Å². The van der Waals surface area contributed by atoms with Gasteiger partial charge in [0.25, 0.3) is 11.6 Å². The van der Waals surface area contributed by atoms with Crippen LogP contribution in [0.25, 0.3) is 0 Å². The zero-order valence-corrected chi connectivity index (χ0v) is 18.6. The summed E-state index contributed by atoms with van der Waals surface area (Å²) < 4.78 is 23.8. The third-order valence-corrected chi connectivity index (χ3v) is 5.07. The standard InChI is InChI=1S/C24H24FN3O6/c1-33-14-12-26(24(30)19-6-10-21(11-7-19)28(31)32)17-23(29)27(16-22-3-2-13-34-22)15-18-4-8-20(25)9-5-18/h2-11,13H,12,14-17H2,1H3. The predicted octanol–water partition coefficient (Wildman–Crippen LogP) is 3.64. The molecule has 3 aromatic rings. The van der Waals surface area contributed by atoms with E-state index >= 15 is 0 Å². The number of ether oxygens (including phenoxy) is 1. The Morgan fingerprint density at radius 1 is 1.03 bits per heavy atom. The van der Waals surface area contributed by atoms with Crippen molar-refractivity contribution in [3.05, 3.63) is 99.7 Å². The van der Waals surface area contributed by atoms with Crippen molar-refractivity contribution in [3.8, 4) is 0 Å². The molecule has 9 nitrogen and oxygen atoms in total. The summed E-state index contributed by atoms with van der Waals surface area (Å²) in [6.45, 7) is 0.434. The Bertz CT molecular complexity index is 1100. The van der Waals surface area contributed by atoms with E-state index in [1.807, 2.05) is 0 Å². The molecular formula is C24H24FN3O6. The SMILES string of the molecule is COCCN(CC(=O)N(Cc1ccc(F)cc1)Cc1ccco1)C(=O)c1ccc([N+](=O)[O-])cc1. The number of methoxy groups -OCH3 is 1. The van der Waals surface area contributed by atoms with Gasteiger partial charge in [-0.2, -0.15) is 0 Å². The molecule has 10 heteroatoms. The number of furan rings is 1. The number of carbonyl (C=O) groups excluding carboxylic acids is 2. The van der Waals surface area contributed by atoms with Crippen molar-refractivity contribution in [1.29, 1.82) is 0 Å². The monoisotopic (exact) mass is 469 g/mol. The highest BCUT2D eigenvalue weighted by molar-refractivity contribution is 5.96. The molecule has 0 spiro atoms. The molecule has 0 saturated heterocycles. The lowest BCUT2D eigenvalue weighted by Crippen LogP contribution is -2.43. The molecule has 34 heavy (non-hydrogen) atoms. The first-order valence-corrected chi connectivity index (χ1v) is 10.4. The topological polar surface area (TPSA) is 106 Å². The minimum absolute atomic E-state index is 0.139. The first kappa shape index (κ1) is 24.6. The second-order valence-electron chi connectivity index (χ2n) is 7.48. The van der Waals surface area contributed by atoms with Gasteiger partial charge in [0.2, 0.25) is 5.91 Å². The van der Waals surface area contributed by atoms with Crippen LogP contribution in [0, 0.1) is 15.9 Å². The number of amides is 2. The number of benzene rings is 2. The third kappa shape index (κ3) is 6.72. The number of nitro benzene ring substituents is 1. The van der Waals surface area contributed by atoms with Gasteiger partial charge in [-0.25, -0.2) is 4.39 Å². The highest BCUT2D eigenvalue weighted by Gasteiger charge is 2.24. The molecule has 0 N–H and O–H groups in total. The lowest BCUT2D eigenvalue weighted by molar-refractivity contribution is -0.384. The van der Waals surface area contributed by atoms with Crippen LogP contribution in [0.1, 0.15) is 21.7 Å². The highest BCUT2D eigenvalue weighted by Crippen LogP contribution is 2.16. The molecule has 1 aromatic heterocycles. The first-order valence-electron chi connectivity index (χ1n) is 10.4. The van der Waals surface area contributed by atoms with Gasteiger partial charge < -0.3 is 19.0 Å². The molecule has 0 fully saturated rings. The summed E-state index contributed by atoms with van der Waals surface area (Å²) in [7, 11) is 1.48. The Labute approximate surface area is 195 Å². The molecule has 178 valence electrons. The van der Waals surface area contributed by atoms with Crippen molar-refractivity contribution in [2.24, 2.45) is 0 Å². The van der Waals surface area contributed by atoms with E-state index in [1.54, 1.807) is 24.3 Å². The van der Waals surface area contributed by atoms with Crippen molar-refractivity contribution < 1.29 is 28.1 Å². The number of carbonyl (C=O) groups is 2. The summed E-state index contributed by atoms with van der Waals surface area (Å²) in [5.74, 6) is -0.639. The number of rotatable bonds is 11. The molecule has 0 radical (unpaired) electrons. The zero-order chi connectivity index (χ0) is 24.5. The average Bonchev–Trinajstić information content (AvgIpc) is 3.35. The molecule has 0 saturated carbocycles. The van der Waals surface area contributed by atoms with Gasteiger partial charge >= 0.3 is 0 Å². The molecule has 0 aliphatic rings. The molecule has 0 bridgehead atoms. The summed E-state index contributed by atoms with van der Waals surface area (Å²) in [5, 5.41) is 10.9. The van der Waals surface area contributed by atoms with E-state index in [-0.39, 0.29) is 55.8 Å². The molecule has 3 rings (SSSR count). The summed E-state index contributed by atoms with van der Waals surface area (Å²) in [6.07, 6.45) is 1.50. The van der Waals surface area contributed by atoms with Crippen LogP contribution in [0.15, 0.2) is 71.3 Å². The molecular weight excluding hydrogens is 445 g/mol. The first-order chi connectivity index (χ1) is 16.4. The van der Waals surface area contributed by atoms with Crippen molar-refractivity contribution in [2.75, 3.05) is 26.8 Å². The van der Waals surface area contributed by atoms with Gasteiger partial charge in [0, 0.05) is 37.9 Å². The summed E-state index contributed by atoms with van der Waals surface area (Å²) in [5.41, 5.74) is 0.789. The van der Waals surface area contributed by atoms with E-state index in [2.05, 4.69) is 0 Å². The fraction of sp³-hybridized carbons (Fsp3) is 0.250. The minimum Gasteiger partial charge on any atom is -0.467 e. The number of hydrogen-bond acceptors (Lipinski definition) is 6. The Morgan fingerprint density at radius 2 is 1.74 bits per heavy atom. The summed E-state index contributed by atoms with van der Waals surface area (Å²) in [6, 6.07) is 14.4. The largest absolute Gasteiger partial charge is 0.467 e. The Kier molecular flexibility index (Phi) is 8.47. The van der Waals surface area contributed by atoms with Gasteiger partial charge in [-0.1, -0.05) is 12.1 Å². The molecule has 0 aliphatic heterocycles. The maximum absolute atomic E-state index is 13.3. The predicted molar refractivity (Wildman–Crippen MR) is 120 cm³/mol. The van der Waals surface area contributed by atoms with Gasteiger partial charge in [0.1, 0.15) is 18.1 Å².